The first-order valence-corrected chi connectivity index (χ1v) is 7.28. The molecule has 1 saturated heterocycles. The lowest BCUT2D eigenvalue weighted by Gasteiger charge is -2.35. The molecule has 2 rings (SSSR count). The number of rotatable bonds is 4. The van der Waals surface area contributed by atoms with E-state index in [2.05, 4.69) is 28.9 Å². The number of likely N-dealkylation sites (tertiary alicyclic amines) is 1. The zero-order valence-corrected chi connectivity index (χ0v) is 12.7. The van der Waals surface area contributed by atoms with Crippen LogP contribution >= 0.6 is 11.6 Å². The van der Waals surface area contributed by atoms with E-state index in [1.54, 1.807) is 7.11 Å². The third-order valence-corrected chi connectivity index (χ3v) is 4.01. The van der Waals surface area contributed by atoms with Crippen molar-refractivity contribution in [3.8, 4) is 5.88 Å². The summed E-state index contributed by atoms with van der Waals surface area (Å²) in [4.78, 5) is 2.53. The van der Waals surface area contributed by atoms with Crippen LogP contribution in [0.3, 0.4) is 0 Å². The number of methoxy groups -OCH3 is 1. The molecule has 1 aromatic rings. The number of hydrogen-bond donors (Lipinski definition) is 0. The first kappa shape index (κ1) is 14.5. The van der Waals surface area contributed by atoms with Gasteiger partial charge in [-0.1, -0.05) is 11.6 Å². The van der Waals surface area contributed by atoms with E-state index in [1.165, 1.54) is 19.4 Å². The third-order valence-electron chi connectivity index (χ3n) is 3.74. The highest BCUT2D eigenvalue weighted by Crippen LogP contribution is 2.25. The Morgan fingerprint density at radius 2 is 2.26 bits per heavy atom. The summed E-state index contributed by atoms with van der Waals surface area (Å²) in [6.07, 6.45) is 3.47. The van der Waals surface area contributed by atoms with E-state index in [0.29, 0.717) is 22.9 Å². The van der Waals surface area contributed by atoms with Gasteiger partial charge in [-0.15, -0.1) is 5.10 Å². The summed E-state index contributed by atoms with van der Waals surface area (Å²) in [7, 11) is 1.55. The Morgan fingerprint density at radius 3 is 2.89 bits per heavy atom. The molecule has 0 bridgehead atoms. The fourth-order valence-electron chi connectivity index (χ4n) is 2.66. The molecule has 4 nitrogen and oxygen atoms in total. The Labute approximate surface area is 120 Å². The van der Waals surface area contributed by atoms with Gasteiger partial charge in [0.05, 0.1) is 12.8 Å². The lowest BCUT2D eigenvalue weighted by Crippen LogP contribution is -2.40. The van der Waals surface area contributed by atoms with E-state index >= 15 is 0 Å². The van der Waals surface area contributed by atoms with Crippen molar-refractivity contribution in [2.45, 2.75) is 39.2 Å². The molecular weight excluding hydrogens is 262 g/mol. The molecule has 1 aromatic heterocycles. The van der Waals surface area contributed by atoms with Crippen LogP contribution in [0.1, 0.15) is 32.4 Å². The molecule has 0 amide bonds. The number of hydrogen-bond acceptors (Lipinski definition) is 4. The van der Waals surface area contributed by atoms with Gasteiger partial charge in [-0.3, -0.25) is 0 Å². The molecule has 106 valence electrons. The normalized spacial score (nSPS) is 20.8. The van der Waals surface area contributed by atoms with Crippen molar-refractivity contribution >= 4 is 11.6 Å². The van der Waals surface area contributed by atoms with Crippen molar-refractivity contribution < 1.29 is 4.74 Å². The van der Waals surface area contributed by atoms with Gasteiger partial charge in [-0.05, 0) is 51.6 Å². The quantitative estimate of drug-likeness (QED) is 0.852. The summed E-state index contributed by atoms with van der Waals surface area (Å²) in [5.41, 5.74) is 0.960. The summed E-state index contributed by atoms with van der Waals surface area (Å²) in [6, 6.07) is 2.50. The zero-order chi connectivity index (χ0) is 13.8. The molecule has 0 aromatic carbocycles. The van der Waals surface area contributed by atoms with Crippen LogP contribution in [-0.4, -0.2) is 41.3 Å². The molecule has 5 heteroatoms. The standard InChI is InChI=1S/C14H22ClN3O/c1-10(2)18-6-4-5-11(9-18)7-12-8-13(15)14(19-3)17-16-12/h8,10-11H,4-7,9H2,1-3H3. The van der Waals surface area contributed by atoms with Crippen molar-refractivity contribution in [1.82, 2.24) is 15.1 Å². The van der Waals surface area contributed by atoms with Crippen LogP contribution in [0, 0.1) is 5.92 Å². The van der Waals surface area contributed by atoms with E-state index in [4.69, 9.17) is 16.3 Å². The molecule has 1 aliphatic heterocycles. The van der Waals surface area contributed by atoms with Gasteiger partial charge in [-0.2, -0.15) is 5.10 Å². The SMILES string of the molecule is COc1nnc(CC2CCCN(C(C)C)C2)cc1Cl. The Kier molecular flexibility index (Phi) is 4.99. The third kappa shape index (κ3) is 3.80. The Hall–Kier alpha value is -0.870. The van der Waals surface area contributed by atoms with E-state index in [9.17, 15) is 0 Å². The smallest absolute Gasteiger partial charge is 0.252 e. The van der Waals surface area contributed by atoms with E-state index in [1.807, 2.05) is 6.07 Å². The summed E-state index contributed by atoms with van der Waals surface area (Å²) in [5, 5.41) is 8.74. The van der Waals surface area contributed by atoms with Gasteiger partial charge in [0.2, 0.25) is 0 Å². The molecule has 0 radical (unpaired) electrons. The zero-order valence-electron chi connectivity index (χ0n) is 11.9. The second kappa shape index (κ2) is 6.53. The number of ether oxygens (including phenoxy) is 1. The molecule has 1 fully saturated rings. The average molecular weight is 284 g/mol. The van der Waals surface area contributed by atoms with Crippen LogP contribution in [0.5, 0.6) is 5.88 Å². The van der Waals surface area contributed by atoms with Crippen molar-refractivity contribution in [2.24, 2.45) is 5.92 Å². The predicted molar refractivity (Wildman–Crippen MR) is 76.7 cm³/mol. The second-order valence-electron chi connectivity index (χ2n) is 5.49. The Balaban J connectivity index is 1.98. The molecule has 1 atom stereocenters. The van der Waals surface area contributed by atoms with Crippen LogP contribution in [-0.2, 0) is 6.42 Å². The van der Waals surface area contributed by atoms with Crippen molar-refractivity contribution in [1.29, 1.82) is 0 Å². The molecule has 1 aliphatic rings. The maximum Gasteiger partial charge on any atom is 0.252 e. The van der Waals surface area contributed by atoms with Crippen LogP contribution in [0.2, 0.25) is 5.02 Å². The lowest BCUT2D eigenvalue weighted by atomic mass is 9.92. The lowest BCUT2D eigenvalue weighted by molar-refractivity contribution is 0.139. The predicted octanol–water partition coefficient (Wildman–Crippen LogP) is 2.80. The minimum Gasteiger partial charge on any atom is -0.479 e. The van der Waals surface area contributed by atoms with E-state index in [-0.39, 0.29) is 0 Å². The van der Waals surface area contributed by atoms with Crippen LogP contribution < -0.4 is 4.74 Å². The fourth-order valence-corrected chi connectivity index (χ4v) is 2.90. The highest BCUT2D eigenvalue weighted by molar-refractivity contribution is 6.31. The van der Waals surface area contributed by atoms with Gasteiger partial charge < -0.3 is 9.64 Å². The summed E-state index contributed by atoms with van der Waals surface area (Å²) in [6.45, 7) is 6.87. The van der Waals surface area contributed by atoms with Gasteiger partial charge in [0.15, 0.2) is 0 Å². The van der Waals surface area contributed by atoms with Gasteiger partial charge >= 0.3 is 0 Å². The minimum absolute atomic E-state index is 0.401. The summed E-state index contributed by atoms with van der Waals surface area (Å²) >= 11 is 6.09. The van der Waals surface area contributed by atoms with Crippen molar-refractivity contribution in [3.05, 3.63) is 16.8 Å². The number of halogens is 1. The summed E-state index contributed by atoms with van der Waals surface area (Å²) in [5.74, 6) is 1.05. The van der Waals surface area contributed by atoms with E-state index in [0.717, 1.165) is 18.7 Å². The van der Waals surface area contributed by atoms with E-state index < -0.39 is 0 Å². The van der Waals surface area contributed by atoms with Gasteiger partial charge in [0.1, 0.15) is 5.02 Å². The molecule has 0 N–H and O–H groups in total. The van der Waals surface area contributed by atoms with Gasteiger partial charge in [0, 0.05) is 12.6 Å². The maximum absolute atomic E-state index is 6.09. The Morgan fingerprint density at radius 1 is 1.47 bits per heavy atom. The molecule has 0 aliphatic carbocycles. The second-order valence-corrected chi connectivity index (χ2v) is 5.90. The minimum atomic E-state index is 0.401. The average Bonchev–Trinajstić information content (AvgIpc) is 2.39. The number of nitrogens with zero attached hydrogens (tertiary/aromatic N) is 3. The molecule has 1 unspecified atom stereocenters. The van der Waals surface area contributed by atoms with Crippen LogP contribution in [0.15, 0.2) is 6.07 Å². The molecular formula is C14H22ClN3O. The first-order chi connectivity index (χ1) is 9.10. The highest BCUT2D eigenvalue weighted by atomic mass is 35.5. The first-order valence-electron chi connectivity index (χ1n) is 6.90. The van der Waals surface area contributed by atoms with Crippen molar-refractivity contribution in [2.75, 3.05) is 20.2 Å². The Bertz CT molecular complexity index is 425. The van der Waals surface area contributed by atoms with Crippen LogP contribution in [0.25, 0.3) is 0 Å². The molecule has 19 heavy (non-hydrogen) atoms. The molecule has 2 heterocycles. The monoisotopic (exact) mass is 283 g/mol. The maximum atomic E-state index is 6.09. The number of aromatic nitrogens is 2. The van der Waals surface area contributed by atoms with Gasteiger partial charge in [-0.25, -0.2) is 0 Å². The fraction of sp³-hybridized carbons (Fsp3) is 0.714. The topological polar surface area (TPSA) is 38.3 Å². The largest absolute Gasteiger partial charge is 0.479 e. The van der Waals surface area contributed by atoms with Gasteiger partial charge in [0.25, 0.3) is 5.88 Å². The highest BCUT2D eigenvalue weighted by Gasteiger charge is 2.22. The molecule has 0 spiro atoms. The van der Waals surface area contributed by atoms with Crippen molar-refractivity contribution in [3.63, 3.8) is 0 Å². The molecule has 0 saturated carbocycles. The summed E-state index contributed by atoms with van der Waals surface area (Å²) < 4.78 is 5.02. The number of piperidine rings is 1. The van der Waals surface area contributed by atoms with Crippen LogP contribution in [0.4, 0.5) is 0 Å².